The first kappa shape index (κ1) is 8.89. The average Bonchev–Trinajstić information content (AvgIpc) is 2.09. The van der Waals surface area contributed by atoms with Crippen molar-refractivity contribution in [2.75, 3.05) is 0 Å². The van der Waals surface area contributed by atoms with Crippen LogP contribution in [0, 0.1) is 0 Å². The van der Waals surface area contributed by atoms with Crippen molar-refractivity contribution >= 4 is 23.3 Å². The highest BCUT2D eigenvalue weighted by Gasteiger charge is 1.93. The van der Waals surface area contributed by atoms with E-state index >= 15 is 0 Å². The second-order valence-electron chi connectivity index (χ2n) is 2.02. The van der Waals surface area contributed by atoms with Crippen LogP contribution < -0.4 is 5.48 Å². The second kappa shape index (κ2) is 3.99. The highest BCUT2D eigenvalue weighted by Crippen LogP contribution is 2.08. The first-order chi connectivity index (χ1) is 5.72. The van der Waals surface area contributed by atoms with Crippen molar-refractivity contribution in [1.82, 2.24) is 15.7 Å². The number of rotatable bonds is 1. The van der Waals surface area contributed by atoms with E-state index in [4.69, 9.17) is 16.8 Å². The van der Waals surface area contributed by atoms with Gasteiger partial charge in [-0.2, -0.15) is 0 Å². The third kappa shape index (κ3) is 2.44. The van der Waals surface area contributed by atoms with E-state index in [1.54, 1.807) is 19.1 Å². The fourth-order valence-electron chi connectivity index (χ4n) is 0.565. The molecule has 0 aromatic carbocycles. The molecule has 0 aliphatic carbocycles. The van der Waals surface area contributed by atoms with E-state index in [0.717, 1.165) is 0 Å². The minimum absolute atomic E-state index is 0.309. The molecular weight excluding hydrogens is 180 g/mol. The zero-order valence-corrected chi connectivity index (χ0v) is 7.08. The molecule has 0 fully saturated rings. The smallest absolute Gasteiger partial charge is 0.176 e. The van der Waals surface area contributed by atoms with Crippen molar-refractivity contribution in [1.29, 1.82) is 0 Å². The van der Waals surface area contributed by atoms with Crippen LogP contribution in [0.1, 0.15) is 6.92 Å². The lowest BCUT2D eigenvalue weighted by molar-refractivity contribution is 0.234. The zero-order chi connectivity index (χ0) is 8.97. The van der Waals surface area contributed by atoms with Crippen LogP contribution in [0.5, 0.6) is 0 Å². The molecule has 1 aromatic rings. The number of hydrogen-bond donors (Lipinski definition) is 2. The highest BCUT2D eigenvalue weighted by atomic mass is 35.5. The van der Waals surface area contributed by atoms with Gasteiger partial charge in [-0.15, -0.1) is 10.2 Å². The van der Waals surface area contributed by atoms with Crippen LogP contribution in [0.2, 0.25) is 5.15 Å². The maximum Gasteiger partial charge on any atom is 0.176 e. The van der Waals surface area contributed by atoms with E-state index in [9.17, 15) is 0 Å². The van der Waals surface area contributed by atoms with Gasteiger partial charge in [-0.05, 0) is 19.1 Å². The van der Waals surface area contributed by atoms with Crippen LogP contribution in [0.3, 0.4) is 0 Å². The Labute approximate surface area is 74.1 Å². The van der Waals surface area contributed by atoms with Gasteiger partial charge in [0.2, 0.25) is 0 Å². The molecule has 6 heteroatoms. The summed E-state index contributed by atoms with van der Waals surface area (Å²) in [7, 11) is 0. The Kier molecular flexibility index (Phi) is 2.95. The summed E-state index contributed by atoms with van der Waals surface area (Å²) >= 11 is 5.50. The van der Waals surface area contributed by atoms with Crippen molar-refractivity contribution in [3.8, 4) is 0 Å². The summed E-state index contributed by atoms with van der Waals surface area (Å²) in [6, 6.07) is 3.16. The molecule has 12 heavy (non-hydrogen) atoms. The second-order valence-corrected chi connectivity index (χ2v) is 2.41. The minimum atomic E-state index is 0.309. The Morgan fingerprint density at radius 1 is 1.58 bits per heavy atom. The molecule has 0 atom stereocenters. The Bertz CT molecular complexity index is 284. The lowest BCUT2D eigenvalue weighted by atomic mass is 10.5. The van der Waals surface area contributed by atoms with Gasteiger partial charge in [-0.1, -0.05) is 11.6 Å². The van der Waals surface area contributed by atoms with Crippen molar-refractivity contribution < 1.29 is 5.21 Å². The maximum atomic E-state index is 8.40. The molecule has 0 aliphatic rings. The minimum Gasteiger partial charge on any atom is -0.290 e. The van der Waals surface area contributed by atoms with Crippen molar-refractivity contribution in [2.45, 2.75) is 6.92 Å². The molecule has 0 amide bonds. The van der Waals surface area contributed by atoms with Gasteiger partial charge in [0.15, 0.2) is 11.0 Å². The fraction of sp³-hybridized carbons (Fsp3) is 0.167. The number of aliphatic imine (C=N–C) groups is 1. The van der Waals surface area contributed by atoms with Gasteiger partial charge < -0.3 is 0 Å². The summed E-state index contributed by atoms with van der Waals surface area (Å²) in [6.07, 6.45) is 0. The summed E-state index contributed by atoms with van der Waals surface area (Å²) < 4.78 is 0. The van der Waals surface area contributed by atoms with E-state index in [2.05, 4.69) is 15.2 Å². The molecular formula is C6H7ClN4O. The molecule has 0 saturated carbocycles. The molecule has 1 rings (SSSR count). The molecule has 0 unspecified atom stereocenters. The zero-order valence-electron chi connectivity index (χ0n) is 6.32. The predicted octanol–water partition coefficient (Wildman–Crippen LogP) is 1.16. The van der Waals surface area contributed by atoms with Crippen LogP contribution in [0.15, 0.2) is 17.1 Å². The van der Waals surface area contributed by atoms with Crippen LogP contribution >= 0.6 is 11.6 Å². The quantitative estimate of drug-likeness (QED) is 0.392. The topological polar surface area (TPSA) is 70.4 Å². The van der Waals surface area contributed by atoms with E-state index in [1.807, 2.05) is 5.48 Å². The monoisotopic (exact) mass is 186 g/mol. The molecule has 0 saturated heterocycles. The van der Waals surface area contributed by atoms with Crippen LogP contribution in [-0.4, -0.2) is 21.2 Å². The summed E-state index contributed by atoms with van der Waals surface area (Å²) in [5, 5.41) is 15.9. The number of aromatic nitrogens is 2. The van der Waals surface area contributed by atoms with Crippen molar-refractivity contribution in [3.05, 3.63) is 17.3 Å². The normalized spacial score (nSPS) is 11.4. The van der Waals surface area contributed by atoms with E-state index in [0.29, 0.717) is 16.8 Å². The van der Waals surface area contributed by atoms with E-state index in [-0.39, 0.29) is 0 Å². The number of hydrogen-bond acceptors (Lipinski definition) is 4. The number of amidine groups is 1. The molecule has 64 valence electrons. The standard InChI is InChI=1S/C6H7ClN4O/c1-4(11-12)8-6-3-2-5(7)9-10-6/h2-3,12H,1H3,(H,8,10,11). The first-order valence-electron chi connectivity index (χ1n) is 3.17. The Morgan fingerprint density at radius 2 is 2.33 bits per heavy atom. The van der Waals surface area contributed by atoms with Gasteiger partial charge >= 0.3 is 0 Å². The van der Waals surface area contributed by atoms with Crippen LogP contribution in [0.4, 0.5) is 5.82 Å². The van der Waals surface area contributed by atoms with Gasteiger partial charge in [0, 0.05) is 0 Å². The average molecular weight is 187 g/mol. The van der Waals surface area contributed by atoms with Gasteiger partial charge in [0.05, 0.1) is 0 Å². The van der Waals surface area contributed by atoms with Gasteiger partial charge in [0.25, 0.3) is 0 Å². The predicted molar refractivity (Wildman–Crippen MR) is 44.7 cm³/mol. The number of nitrogens with one attached hydrogen (secondary N) is 1. The number of nitrogens with zero attached hydrogens (tertiary/aromatic N) is 3. The third-order valence-electron chi connectivity index (χ3n) is 1.06. The summed E-state index contributed by atoms with van der Waals surface area (Å²) in [6.45, 7) is 1.59. The fourth-order valence-corrected chi connectivity index (χ4v) is 0.666. The molecule has 0 radical (unpaired) electrons. The summed E-state index contributed by atoms with van der Waals surface area (Å²) in [5.74, 6) is 0.727. The Morgan fingerprint density at radius 3 is 2.83 bits per heavy atom. The van der Waals surface area contributed by atoms with E-state index in [1.165, 1.54) is 0 Å². The number of halogens is 1. The van der Waals surface area contributed by atoms with E-state index < -0.39 is 0 Å². The van der Waals surface area contributed by atoms with Gasteiger partial charge in [-0.25, -0.2) is 4.99 Å². The van der Waals surface area contributed by atoms with Crippen LogP contribution in [-0.2, 0) is 0 Å². The Hall–Kier alpha value is -1.20. The molecule has 1 heterocycles. The molecule has 5 nitrogen and oxygen atoms in total. The maximum absolute atomic E-state index is 8.40. The van der Waals surface area contributed by atoms with Crippen molar-refractivity contribution in [3.63, 3.8) is 0 Å². The lowest BCUT2D eigenvalue weighted by Gasteiger charge is -1.95. The highest BCUT2D eigenvalue weighted by molar-refractivity contribution is 6.29. The van der Waals surface area contributed by atoms with Gasteiger partial charge in [-0.3, -0.25) is 10.7 Å². The molecule has 0 spiro atoms. The van der Waals surface area contributed by atoms with Crippen molar-refractivity contribution in [2.24, 2.45) is 4.99 Å². The van der Waals surface area contributed by atoms with Gasteiger partial charge in [0.1, 0.15) is 5.84 Å². The molecule has 2 N–H and O–H groups in total. The Balaban J connectivity index is 2.84. The summed E-state index contributed by atoms with van der Waals surface area (Å²) in [4.78, 5) is 3.84. The third-order valence-corrected chi connectivity index (χ3v) is 1.26. The van der Waals surface area contributed by atoms with Crippen LogP contribution in [0.25, 0.3) is 0 Å². The first-order valence-corrected chi connectivity index (χ1v) is 3.55. The summed E-state index contributed by atoms with van der Waals surface area (Å²) in [5.41, 5.74) is 1.88. The molecule has 0 bridgehead atoms. The molecule has 1 aromatic heterocycles. The molecule has 0 aliphatic heterocycles. The lowest BCUT2D eigenvalue weighted by Crippen LogP contribution is -2.13. The number of hydroxylamine groups is 1. The largest absolute Gasteiger partial charge is 0.290 e. The SMILES string of the molecule is CC(=Nc1ccc(Cl)nn1)NO.